The number of benzene rings is 12. The summed E-state index contributed by atoms with van der Waals surface area (Å²) >= 11 is 0. The molecular weight excluding hydrogens is 1740 g/mol. The van der Waals surface area contributed by atoms with E-state index in [1.807, 2.05) is 312 Å². The number of aliphatic carboxylic acids is 3. The van der Waals surface area contributed by atoms with E-state index >= 15 is 0 Å². The number of para-hydroxylation sites is 4. The van der Waals surface area contributed by atoms with Crippen LogP contribution < -0.4 is 37.9 Å². The average molecular weight is 1860 g/mol. The van der Waals surface area contributed by atoms with Gasteiger partial charge in [-0.3, -0.25) is 14.4 Å². The smallest absolute Gasteiger partial charge is 0.306 e. The molecule has 4 N–H and O–H groups in total. The number of H-pyrrole nitrogens is 1. The van der Waals surface area contributed by atoms with Crippen molar-refractivity contribution in [1.82, 2.24) is 40.6 Å². The Morgan fingerprint density at radius 2 is 0.623 bits per heavy atom. The van der Waals surface area contributed by atoms with Crippen LogP contribution >= 0.6 is 0 Å². The maximum atomic E-state index is 14.0. The first kappa shape index (κ1) is 101. The monoisotopic (exact) mass is 1860 g/mol. The SMILES string of the molecule is C.C.CCCC(Cc1cccc(COc2cccc(OCc3ccc4ccccc4n3)c2)c1)C(=O)O.CCCC(Cc1ccccc1COc1cccc(OCc2ccc3cccc(F)c3n2)c1)C(=O)O.CCCC(Cc1ccccc1COc1cccc(OCc2ccc3ccccc3n2)c1)C(=O)O.Fc1cccc2ccc(COc3ccc(OCc4ccccc4Cc4nn[nH]n4)cc3)nc12. The molecule has 12 aromatic carbocycles. The van der Waals surface area contributed by atoms with Gasteiger partial charge in [-0.25, -0.2) is 28.7 Å². The van der Waals surface area contributed by atoms with Gasteiger partial charge >= 0.3 is 17.9 Å². The largest absolute Gasteiger partial charge is 0.489 e. The van der Waals surface area contributed by atoms with Crippen LogP contribution in [0.15, 0.2) is 328 Å². The Morgan fingerprint density at radius 1 is 0.304 bits per heavy atom. The molecule has 17 rings (SSSR count). The third kappa shape index (κ3) is 30.3. The van der Waals surface area contributed by atoms with E-state index in [-0.39, 0.29) is 51.5 Å². The number of tetrazole rings is 1. The summed E-state index contributed by atoms with van der Waals surface area (Å²) < 4.78 is 75.6. The highest BCUT2D eigenvalue weighted by Gasteiger charge is 2.23. The van der Waals surface area contributed by atoms with Gasteiger partial charge in [0.15, 0.2) is 5.82 Å². The van der Waals surface area contributed by atoms with Crippen LogP contribution in [-0.2, 0) is 92.9 Å². The normalized spacial score (nSPS) is 11.4. The van der Waals surface area contributed by atoms with Crippen molar-refractivity contribution in [2.75, 3.05) is 0 Å². The molecule has 708 valence electrons. The molecule has 3 atom stereocenters. The second-order valence-corrected chi connectivity index (χ2v) is 32.6. The molecule has 5 aromatic heterocycles. The molecule has 0 aliphatic heterocycles. The number of halogens is 2. The van der Waals surface area contributed by atoms with E-state index in [0.717, 1.165) is 113 Å². The van der Waals surface area contributed by atoms with Crippen LogP contribution in [0.25, 0.3) is 43.6 Å². The molecule has 3 unspecified atom stereocenters. The van der Waals surface area contributed by atoms with Gasteiger partial charge in [0, 0.05) is 46.2 Å². The first-order chi connectivity index (χ1) is 66.5. The Balaban J connectivity index is 0.000000164. The number of carbonyl (C=O) groups is 3. The number of fused-ring (bicyclic) bond motifs is 4. The van der Waals surface area contributed by atoms with Crippen LogP contribution in [-0.4, -0.2) is 73.8 Å². The standard InChI is InChI=1S/C29H28FNO4.2C29H29NO4.C25H20FN5O2.2CH4/c1-2-7-22(29(32)33)16-21-8-3-4-9-23(21)18-34-25-11-6-12-26(17-25)35-19-24-15-14-20-10-5-13-27(30)28(20)31-24;1-2-7-24(29(31)32)17-21-8-5-9-22(16-21)19-33-26-11-6-12-27(18-26)34-20-25-15-14-23-10-3-4-13-28(23)30-25;1-2-8-23(29(31)32)17-22-10-3-4-11-24(22)19-33-26-12-7-13-27(18-26)34-20-25-16-15-21-9-5-6-14-28(21)30-25;26-23-7-3-6-17-8-9-20(27-25(17)23)16-33-22-12-10-21(11-13-22)32-15-19-5-2-1-4-18(19)14-24-28-30-31-29-24;;/h3-6,8-15,17,22H,2,7,16,18-19H2,1H3,(H,32,33);3-6,8-16,18,24H,2,7,17,19-20H2,1H3,(H,31,32);3-7,9-16,18,23H,2,8,17,19-20H2,1H3,(H,31,32);1-13H,14-16H2,(H,28,29,30,31);2*1H4. The summed E-state index contributed by atoms with van der Waals surface area (Å²) in [5, 5.41) is 46.3. The maximum absolute atomic E-state index is 14.0. The van der Waals surface area contributed by atoms with Crippen LogP contribution in [0.1, 0.15) is 147 Å². The van der Waals surface area contributed by atoms with E-state index in [1.165, 1.54) is 12.1 Å². The summed E-state index contributed by atoms with van der Waals surface area (Å²) in [5.41, 5.74) is 13.7. The second-order valence-electron chi connectivity index (χ2n) is 32.6. The van der Waals surface area contributed by atoms with E-state index in [9.17, 15) is 38.5 Å². The summed E-state index contributed by atoms with van der Waals surface area (Å²) in [6.45, 7) is 8.70. The number of nitrogens with one attached hydrogen (secondary N) is 1. The highest BCUT2D eigenvalue weighted by molar-refractivity contribution is 5.81. The maximum Gasteiger partial charge on any atom is 0.306 e. The fourth-order valence-corrected chi connectivity index (χ4v) is 15.5. The van der Waals surface area contributed by atoms with Crippen molar-refractivity contribution in [1.29, 1.82) is 0 Å². The van der Waals surface area contributed by atoms with Crippen molar-refractivity contribution in [2.24, 2.45) is 17.8 Å². The first-order valence-electron chi connectivity index (χ1n) is 45.4. The van der Waals surface area contributed by atoms with Crippen molar-refractivity contribution in [2.45, 2.75) is 153 Å². The van der Waals surface area contributed by atoms with Gasteiger partial charge in [0.1, 0.15) is 122 Å². The van der Waals surface area contributed by atoms with Crippen molar-refractivity contribution < 1.29 is 76.4 Å². The number of rotatable bonds is 41. The lowest BCUT2D eigenvalue weighted by Gasteiger charge is -2.15. The number of hydrogen-bond donors (Lipinski definition) is 4. The fraction of sp³-hybridized carbons (Fsp3) is 0.228. The lowest BCUT2D eigenvalue weighted by molar-refractivity contribution is -0.142. The molecule has 0 bridgehead atoms. The van der Waals surface area contributed by atoms with Gasteiger partial charge in [-0.2, -0.15) is 5.21 Å². The molecule has 0 fully saturated rings. The van der Waals surface area contributed by atoms with Crippen molar-refractivity contribution >= 4 is 61.5 Å². The molecule has 0 aliphatic rings. The minimum absolute atomic E-state index is 0. The highest BCUT2D eigenvalue weighted by Crippen LogP contribution is 2.31. The van der Waals surface area contributed by atoms with Crippen molar-refractivity contribution in [3.05, 3.63) is 412 Å². The summed E-state index contributed by atoms with van der Waals surface area (Å²) in [6.07, 6.45) is 6.60. The third-order valence-corrected chi connectivity index (χ3v) is 22.6. The summed E-state index contributed by atoms with van der Waals surface area (Å²) in [6, 6.07) is 103. The van der Waals surface area contributed by atoms with Gasteiger partial charge in [-0.15, -0.1) is 10.2 Å². The number of pyridine rings is 4. The lowest BCUT2D eigenvalue weighted by Crippen LogP contribution is -2.17. The zero-order valence-electron chi connectivity index (χ0n) is 75.9. The predicted octanol–water partition coefficient (Wildman–Crippen LogP) is 25.4. The zero-order valence-corrected chi connectivity index (χ0v) is 75.9. The number of carboxylic acid groups (broad SMARTS) is 3. The summed E-state index contributed by atoms with van der Waals surface area (Å²) in [7, 11) is 0. The third-order valence-electron chi connectivity index (χ3n) is 22.6. The Hall–Kier alpha value is -16.0. The summed E-state index contributed by atoms with van der Waals surface area (Å²) in [5.74, 6) is 2.01. The molecule has 0 saturated carbocycles. The molecule has 5 heterocycles. The highest BCUT2D eigenvalue weighted by atomic mass is 19.1. The molecule has 24 heteroatoms. The van der Waals surface area contributed by atoms with Gasteiger partial charge in [0.2, 0.25) is 0 Å². The summed E-state index contributed by atoms with van der Waals surface area (Å²) in [4.78, 5) is 52.7. The minimum Gasteiger partial charge on any atom is -0.489 e. The van der Waals surface area contributed by atoms with Gasteiger partial charge in [-0.05, 0) is 192 Å². The number of nitrogens with zero attached hydrogens (tertiary/aromatic N) is 7. The average Bonchev–Trinajstić information content (AvgIpc) is 0.922. The minimum atomic E-state index is -0.768. The molecule has 0 radical (unpaired) electrons. The quantitative estimate of drug-likeness (QED) is 0.0277. The molecule has 138 heavy (non-hydrogen) atoms. The molecule has 0 aliphatic carbocycles. The second kappa shape index (κ2) is 52.0. The van der Waals surface area contributed by atoms with Crippen LogP contribution in [0.4, 0.5) is 8.78 Å². The molecule has 17 aromatic rings. The van der Waals surface area contributed by atoms with Gasteiger partial charge in [-0.1, -0.05) is 260 Å². The van der Waals surface area contributed by atoms with E-state index < -0.39 is 23.8 Å². The van der Waals surface area contributed by atoms with Crippen LogP contribution in [0.3, 0.4) is 0 Å². The van der Waals surface area contributed by atoms with Crippen LogP contribution in [0, 0.1) is 29.4 Å². The van der Waals surface area contributed by atoms with E-state index in [2.05, 4.69) is 46.6 Å². The fourth-order valence-electron chi connectivity index (χ4n) is 15.5. The van der Waals surface area contributed by atoms with Gasteiger partial charge in [0.25, 0.3) is 0 Å². The van der Waals surface area contributed by atoms with Crippen molar-refractivity contribution in [3.63, 3.8) is 0 Å². The molecule has 22 nitrogen and oxygen atoms in total. The number of ether oxygens (including phenoxy) is 8. The van der Waals surface area contributed by atoms with Crippen molar-refractivity contribution in [3.8, 4) is 46.0 Å². The molecule has 0 spiro atoms. The lowest BCUT2D eigenvalue weighted by atomic mass is 9.92. The number of carboxylic acids is 3. The Kier molecular flexibility index (Phi) is 38.1. The number of aromatic amines is 1. The number of aromatic nitrogens is 8. The van der Waals surface area contributed by atoms with E-state index in [1.54, 1.807) is 18.2 Å². The predicted molar refractivity (Wildman–Crippen MR) is 533 cm³/mol. The van der Waals surface area contributed by atoms with Gasteiger partial charge in [0.05, 0.1) is 51.6 Å². The zero-order chi connectivity index (χ0) is 94.6. The van der Waals surface area contributed by atoms with Gasteiger partial charge < -0.3 is 53.2 Å². The number of hydrogen-bond acceptors (Lipinski definition) is 18. The van der Waals surface area contributed by atoms with Crippen LogP contribution in [0.5, 0.6) is 46.0 Å². The Morgan fingerprint density at radius 3 is 1.03 bits per heavy atom. The molecule has 0 amide bonds. The van der Waals surface area contributed by atoms with Crippen LogP contribution in [0.2, 0.25) is 0 Å². The molecular formula is C114H114F2N8O14. The Labute approximate surface area is 802 Å². The Bertz CT molecular complexity index is 6790. The molecule has 0 saturated heterocycles. The van der Waals surface area contributed by atoms with E-state index in [4.69, 9.17) is 37.9 Å². The topological polar surface area (TPSA) is 292 Å². The van der Waals surface area contributed by atoms with E-state index in [0.29, 0.717) is 153 Å². The first-order valence-corrected chi connectivity index (χ1v) is 45.4.